The summed E-state index contributed by atoms with van der Waals surface area (Å²) in [6.07, 6.45) is -7.40. The van der Waals surface area contributed by atoms with Crippen molar-refractivity contribution < 1.29 is 33.6 Å². The summed E-state index contributed by atoms with van der Waals surface area (Å²) in [4.78, 5) is 7.19. The lowest BCUT2D eigenvalue weighted by molar-refractivity contribution is -0.146. The van der Waals surface area contributed by atoms with Gasteiger partial charge in [0.2, 0.25) is 0 Å². The number of likely N-dealkylation sites (tertiary alicyclic amines) is 1. The van der Waals surface area contributed by atoms with Crippen molar-refractivity contribution in [3.8, 4) is 0 Å². The van der Waals surface area contributed by atoms with E-state index < -0.39 is 36.2 Å². The normalized spacial score (nSPS) is 33.8. The van der Waals surface area contributed by atoms with Crippen LogP contribution in [0.4, 0.5) is 18.3 Å². The van der Waals surface area contributed by atoms with Crippen LogP contribution in [0.3, 0.4) is 0 Å². The number of rotatable bonds is 4. The molecule has 7 nitrogen and oxygen atoms in total. The van der Waals surface area contributed by atoms with E-state index in [9.17, 15) is 33.6 Å². The molecule has 2 aliphatic rings. The van der Waals surface area contributed by atoms with E-state index in [-0.39, 0.29) is 19.1 Å². The summed E-state index contributed by atoms with van der Waals surface area (Å²) in [6.45, 7) is 1.30. The molecule has 2 aliphatic heterocycles. The van der Waals surface area contributed by atoms with Gasteiger partial charge < -0.3 is 25.3 Å². The number of alkyl halides is 3. The van der Waals surface area contributed by atoms with Crippen LogP contribution in [0, 0.1) is 5.92 Å². The number of aliphatic hydroxyl groups is 4. The highest BCUT2D eigenvalue weighted by atomic mass is 32.1. The molecule has 0 unspecified atom stereocenters. The summed E-state index contributed by atoms with van der Waals surface area (Å²) >= 11 is 0.956. The van der Waals surface area contributed by atoms with Crippen LogP contribution in [0.5, 0.6) is 0 Å². The Balaban J connectivity index is 1.61. The second-order valence-electron chi connectivity index (χ2n) is 6.87. The van der Waals surface area contributed by atoms with Gasteiger partial charge in [0.15, 0.2) is 10.8 Å². The molecule has 0 spiro atoms. The number of halogens is 3. The Labute approximate surface area is 152 Å². The van der Waals surface area contributed by atoms with E-state index in [4.69, 9.17) is 0 Å². The molecule has 0 saturated carbocycles. The Kier molecular flexibility index (Phi) is 5.75. The number of piperidine rings is 1. The maximum atomic E-state index is 12.7. The molecule has 0 aliphatic carbocycles. The lowest BCUT2D eigenvalue weighted by Gasteiger charge is -2.44. The average Bonchev–Trinajstić information content (AvgIpc) is 3.21. The van der Waals surface area contributed by atoms with Crippen LogP contribution in [0.25, 0.3) is 0 Å². The summed E-state index contributed by atoms with van der Waals surface area (Å²) in [5.41, 5.74) is -0.891. The fourth-order valence-corrected chi connectivity index (χ4v) is 4.48. The second-order valence-corrected chi connectivity index (χ2v) is 7.70. The zero-order valence-electron chi connectivity index (χ0n) is 13.9. The van der Waals surface area contributed by atoms with Gasteiger partial charge >= 0.3 is 6.18 Å². The van der Waals surface area contributed by atoms with Crippen molar-refractivity contribution in [2.24, 2.45) is 5.92 Å². The summed E-state index contributed by atoms with van der Waals surface area (Å²) in [6, 6.07) is -0.681. The topological polar surface area (TPSA) is 100 Å². The number of hydrogen-bond donors (Lipinski definition) is 4. The van der Waals surface area contributed by atoms with E-state index in [1.807, 2.05) is 0 Å². The summed E-state index contributed by atoms with van der Waals surface area (Å²) in [5.74, 6) is 0.0944. The Morgan fingerprint density at radius 3 is 2.54 bits per heavy atom. The zero-order chi connectivity index (χ0) is 19.1. The van der Waals surface area contributed by atoms with Crippen LogP contribution in [-0.4, -0.2) is 87.4 Å². The van der Waals surface area contributed by atoms with E-state index in [2.05, 4.69) is 4.98 Å². The van der Waals surface area contributed by atoms with Gasteiger partial charge in [-0.3, -0.25) is 4.90 Å². The standard InChI is InChI=1S/C15H22F3N3O4S/c16-15(17,18)11-7-26-14(19-11)20-2-1-8(3-20)4-21-5-10(23)13(25)12(24)9(21)6-22/h7-10,12-13,22-25H,1-6H2/t8-,9-,10+,12-,13-/m1/s1. The first kappa shape index (κ1) is 19.8. The first-order valence-electron chi connectivity index (χ1n) is 8.37. The highest BCUT2D eigenvalue weighted by Crippen LogP contribution is 2.35. The van der Waals surface area contributed by atoms with Crippen molar-refractivity contribution in [2.75, 3.05) is 37.7 Å². The molecule has 2 saturated heterocycles. The molecule has 1 aromatic rings. The predicted octanol–water partition coefficient (Wildman–Crippen LogP) is -0.253. The minimum atomic E-state index is -4.46. The summed E-state index contributed by atoms with van der Waals surface area (Å²) < 4.78 is 38.1. The van der Waals surface area contributed by atoms with Crippen LogP contribution >= 0.6 is 11.3 Å². The van der Waals surface area contributed by atoms with Gasteiger partial charge in [-0.1, -0.05) is 0 Å². The molecule has 2 fully saturated rings. The maximum Gasteiger partial charge on any atom is 0.434 e. The van der Waals surface area contributed by atoms with Crippen LogP contribution < -0.4 is 4.90 Å². The minimum absolute atomic E-state index is 0.0944. The second kappa shape index (κ2) is 7.56. The number of anilines is 1. The van der Waals surface area contributed by atoms with Gasteiger partial charge in [0, 0.05) is 31.6 Å². The van der Waals surface area contributed by atoms with Crippen LogP contribution in [0.15, 0.2) is 5.38 Å². The average molecular weight is 397 g/mol. The smallest absolute Gasteiger partial charge is 0.395 e. The van der Waals surface area contributed by atoms with Crippen molar-refractivity contribution >= 4 is 16.5 Å². The van der Waals surface area contributed by atoms with Gasteiger partial charge in [0.1, 0.15) is 12.2 Å². The number of hydrogen-bond acceptors (Lipinski definition) is 8. The van der Waals surface area contributed by atoms with Gasteiger partial charge in [0.25, 0.3) is 0 Å². The number of β-amino-alcohol motifs (C(OH)–C–C–N with tert-alkyl or cyclic N) is 1. The quantitative estimate of drug-likeness (QED) is 0.556. The van der Waals surface area contributed by atoms with E-state index in [0.29, 0.717) is 24.8 Å². The molecule has 11 heteroatoms. The molecule has 0 amide bonds. The molecule has 1 aromatic heterocycles. The van der Waals surface area contributed by atoms with E-state index in [0.717, 1.165) is 23.1 Å². The van der Waals surface area contributed by atoms with Crippen LogP contribution in [0.2, 0.25) is 0 Å². The monoisotopic (exact) mass is 397 g/mol. The fourth-order valence-electron chi connectivity index (χ4n) is 3.62. The van der Waals surface area contributed by atoms with E-state index in [1.54, 1.807) is 9.80 Å². The molecule has 0 radical (unpaired) electrons. The fraction of sp³-hybridized carbons (Fsp3) is 0.800. The van der Waals surface area contributed by atoms with Crippen molar-refractivity contribution in [2.45, 2.75) is 37.0 Å². The molecule has 4 N–H and O–H groups in total. The molecule has 26 heavy (non-hydrogen) atoms. The summed E-state index contributed by atoms with van der Waals surface area (Å²) in [7, 11) is 0. The molecular weight excluding hydrogens is 375 g/mol. The maximum absolute atomic E-state index is 12.7. The van der Waals surface area contributed by atoms with Gasteiger partial charge in [-0.15, -0.1) is 11.3 Å². The Hall–Kier alpha value is -0.980. The zero-order valence-corrected chi connectivity index (χ0v) is 14.7. The SMILES string of the molecule is OC[C@@H]1[C@@H](O)[C@H](O)[C@@H](O)CN1C[C@@H]1CCN(c2nc(C(F)(F)F)cs2)C1. The molecule has 148 valence electrons. The van der Waals surface area contributed by atoms with Gasteiger partial charge in [-0.25, -0.2) is 4.98 Å². The van der Waals surface area contributed by atoms with Crippen LogP contribution in [0.1, 0.15) is 12.1 Å². The van der Waals surface area contributed by atoms with E-state index >= 15 is 0 Å². The highest BCUT2D eigenvalue weighted by molar-refractivity contribution is 7.13. The van der Waals surface area contributed by atoms with Crippen molar-refractivity contribution in [3.63, 3.8) is 0 Å². The third-order valence-corrected chi connectivity index (χ3v) is 5.95. The molecule has 3 heterocycles. The molecular formula is C15H22F3N3O4S. The van der Waals surface area contributed by atoms with Gasteiger partial charge in [-0.2, -0.15) is 13.2 Å². The van der Waals surface area contributed by atoms with Gasteiger partial charge in [-0.05, 0) is 12.3 Å². The first-order valence-corrected chi connectivity index (χ1v) is 9.25. The number of aromatic nitrogens is 1. The first-order chi connectivity index (χ1) is 12.2. The number of thiazole rings is 1. The highest BCUT2D eigenvalue weighted by Gasteiger charge is 2.42. The molecule has 5 atom stereocenters. The van der Waals surface area contributed by atoms with Crippen molar-refractivity contribution in [3.05, 3.63) is 11.1 Å². The predicted molar refractivity (Wildman–Crippen MR) is 87.9 cm³/mol. The van der Waals surface area contributed by atoms with E-state index in [1.165, 1.54) is 0 Å². The number of aliphatic hydroxyl groups excluding tert-OH is 4. The largest absolute Gasteiger partial charge is 0.434 e. The van der Waals surface area contributed by atoms with Gasteiger partial charge in [0.05, 0.1) is 18.8 Å². The molecule has 0 bridgehead atoms. The lowest BCUT2D eigenvalue weighted by atomic mass is 9.93. The van der Waals surface area contributed by atoms with Crippen LogP contribution in [-0.2, 0) is 6.18 Å². The lowest BCUT2D eigenvalue weighted by Crippen LogP contribution is -2.63. The summed E-state index contributed by atoms with van der Waals surface area (Å²) in [5, 5.41) is 40.4. The Morgan fingerprint density at radius 2 is 1.92 bits per heavy atom. The van der Waals surface area contributed by atoms with Crippen molar-refractivity contribution in [1.82, 2.24) is 9.88 Å². The third-order valence-electron chi connectivity index (χ3n) is 5.05. The Morgan fingerprint density at radius 1 is 1.19 bits per heavy atom. The third kappa shape index (κ3) is 3.97. The minimum Gasteiger partial charge on any atom is -0.395 e. The number of nitrogens with zero attached hydrogens (tertiary/aromatic N) is 3. The Bertz CT molecular complexity index is 617. The molecule has 0 aromatic carbocycles. The molecule has 3 rings (SSSR count). The van der Waals surface area contributed by atoms with Crippen molar-refractivity contribution in [1.29, 1.82) is 0 Å².